The summed E-state index contributed by atoms with van der Waals surface area (Å²) < 4.78 is 0. The van der Waals surface area contributed by atoms with E-state index in [4.69, 9.17) is 5.73 Å². The fraction of sp³-hybridized carbons (Fsp3) is 0.938. The predicted molar refractivity (Wildman–Crippen MR) is 83.9 cm³/mol. The van der Waals surface area contributed by atoms with Crippen LogP contribution in [0.1, 0.15) is 64.2 Å². The first kappa shape index (κ1) is 16.1. The van der Waals surface area contributed by atoms with Gasteiger partial charge in [-0.1, -0.05) is 19.3 Å². The lowest BCUT2D eigenvalue weighted by Crippen LogP contribution is -2.48. The summed E-state index contributed by atoms with van der Waals surface area (Å²) >= 11 is 0. The zero-order valence-electron chi connectivity index (χ0n) is 12.5. The molecule has 1 saturated heterocycles. The third-order valence-corrected chi connectivity index (χ3v) is 5.71. The van der Waals surface area contributed by atoms with E-state index in [1.54, 1.807) is 0 Å². The quantitative estimate of drug-likeness (QED) is 0.809. The number of rotatable bonds is 1. The molecule has 116 valence electrons. The number of hydrogen-bond donors (Lipinski definition) is 1. The molecule has 1 aliphatic heterocycles. The molecule has 20 heavy (non-hydrogen) atoms. The maximum atomic E-state index is 12.6. The summed E-state index contributed by atoms with van der Waals surface area (Å²) in [6.45, 7) is 2.03. The van der Waals surface area contributed by atoms with Gasteiger partial charge < -0.3 is 10.6 Å². The van der Waals surface area contributed by atoms with Crippen LogP contribution in [0.3, 0.4) is 0 Å². The van der Waals surface area contributed by atoms with Gasteiger partial charge in [-0.3, -0.25) is 4.79 Å². The van der Waals surface area contributed by atoms with Gasteiger partial charge in [-0.05, 0) is 50.4 Å². The van der Waals surface area contributed by atoms with Crippen molar-refractivity contribution in [3.63, 3.8) is 0 Å². The average molecular weight is 301 g/mol. The second kappa shape index (κ2) is 6.65. The number of amides is 1. The molecule has 0 radical (unpaired) electrons. The first-order valence-electron chi connectivity index (χ1n) is 8.23. The van der Waals surface area contributed by atoms with Crippen LogP contribution in [0.4, 0.5) is 0 Å². The number of carbonyl (C=O) groups is 1. The minimum atomic E-state index is 0. The van der Waals surface area contributed by atoms with Crippen LogP contribution in [0.5, 0.6) is 0 Å². The summed E-state index contributed by atoms with van der Waals surface area (Å²) in [6.07, 6.45) is 12.4. The Bertz CT molecular complexity index is 336. The highest BCUT2D eigenvalue weighted by Gasteiger charge is 2.40. The number of nitrogens with zero attached hydrogens (tertiary/aromatic N) is 1. The van der Waals surface area contributed by atoms with Gasteiger partial charge in [0.05, 0.1) is 0 Å². The molecule has 3 rings (SSSR count). The van der Waals surface area contributed by atoms with E-state index >= 15 is 0 Å². The van der Waals surface area contributed by atoms with Crippen LogP contribution in [0.2, 0.25) is 0 Å². The second-order valence-electron chi connectivity index (χ2n) is 7.19. The summed E-state index contributed by atoms with van der Waals surface area (Å²) in [5.41, 5.74) is 6.44. The Morgan fingerprint density at radius 2 is 1.75 bits per heavy atom. The topological polar surface area (TPSA) is 46.3 Å². The molecule has 2 unspecified atom stereocenters. The van der Waals surface area contributed by atoms with E-state index in [-0.39, 0.29) is 24.4 Å². The molecule has 2 atom stereocenters. The Balaban J connectivity index is 0.00000147. The molecule has 2 N–H and O–H groups in total. The maximum Gasteiger partial charge on any atom is 0.225 e. The van der Waals surface area contributed by atoms with Crippen molar-refractivity contribution in [1.82, 2.24) is 4.90 Å². The highest BCUT2D eigenvalue weighted by Crippen LogP contribution is 2.43. The van der Waals surface area contributed by atoms with E-state index in [2.05, 4.69) is 4.90 Å². The van der Waals surface area contributed by atoms with Crippen molar-refractivity contribution < 1.29 is 4.79 Å². The Hall–Kier alpha value is -0.280. The van der Waals surface area contributed by atoms with Crippen molar-refractivity contribution in [3.8, 4) is 0 Å². The maximum absolute atomic E-state index is 12.6. The molecule has 2 saturated carbocycles. The van der Waals surface area contributed by atoms with Crippen molar-refractivity contribution in [1.29, 1.82) is 0 Å². The highest BCUT2D eigenvalue weighted by atomic mass is 35.5. The van der Waals surface area contributed by atoms with Gasteiger partial charge in [0.15, 0.2) is 0 Å². The van der Waals surface area contributed by atoms with E-state index in [9.17, 15) is 4.79 Å². The summed E-state index contributed by atoms with van der Waals surface area (Å²) in [6, 6.07) is 0.266. The van der Waals surface area contributed by atoms with Crippen molar-refractivity contribution in [3.05, 3.63) is 0 Å². The van der Waals surface area contributed by atoms with Crippen molar-refractivity contribution >= 4 is 18.3 Å². The number of hydrogen-bond acceptors (Lipinski definition) is 2. The third-order valence-electron chi connectivity index (χ3n) is 5.71. The largest absolute Gasteiger partial charge is 0.342 e. The minimum absolute atomic E-state index is 0. The predicted octanol–water partition coefficient (Wildman–Crippen LogP) is 3.11. The van der Waals surface area contributed by atoms with Gasteiger partial charge >= 0.3 is 0 Å². The Morgan fingerprint density at radius 3 is 2.40 bits per heavy atom. The number of piperidine rings is 1. The first-order chi connectivity index (χ1) is 9.19. The van der Waals surface area contributed by atoms with Gasteiger partial charge in [0.25, 0.3) is 0 Å². The number of nitrogens with two attached hydrogens (primary N) is 1. The molecule has 0 bridgehead atoms. The Morgan fingerprint density at radius 1 is 1.05 bits per heavy atom. The van der Waals surface area contributed by atoms with Crippen LogP contribution >= 0.6 is 12.4 Å². The van der Waals surface area contributed by atoms with Gasteiger partial charge in [0.1, 0.15) is 0 Å². The lowest BCUT2D eigenvalue weighted by Gasteiger charge is -2.46. The summed E-state index contributed by atoms with van der Waals surface area (Å²) in [7, 11) is 0. The normalized spacial score (nSPS) is 33.0. The van der Waals surface area contributed by atoms with Crippen LogP contribution in [-0.4, -0.2) is 29.9 Å². The molecule has 4 heteroatoms. The summed E-state index contributed by atoms with van der Waals surface area (Å²) in [4.78, 5) is 14.8. The van der Waals surface area contributed by atoms with E-state index in [0.717, 1.165) is 32.4 Å². The van der Waals surface area contributed by atoms with E-state index < -0.39 is 0 Å². The van der Waals surface area contributed by atoms with Crippen molar-refractivity contribution in [2.45, 2.75) is 70.3 Å². The molecule has 2 aliphatic carbocycles. The van der Waals surface area contributed by atoms with E-state index in [1.807, 2.05) is 0 Å². The zero-order valence-corrected chi connectivity index (χ0v) is 13.3. The fourth-order valence-corrected chi connectivity index (χ4v) is 4.60. The third kappa shape index (κ3) is 3.30. The van der Waals surface area contributed by atoms with Gasteiger partial charge in [-0.2, -0.15) is 0 Å². The second-order valence-corrected chi connectivity index (χ2v) is 7.19. The fourth-order valence-electron chi connectivity index (χ4n) is 4.60. The molecule has 3 aliphatic rings. The van der Waals surface area contributed by atoms with Gasteiger partial charge in [-0.15, -0.1) is 12.4 Å². The lowest BCUT2D eigenvalue weighted by atomic mass is 9.69. The summed E-state index contributed by atoms with van der Waals surface area (Å²) in [5.74, 6) is 0.645. The SMILES string of the molecule is Cl.NC1CCC(C(=O)N2CCCC3(CCCCC3)C2)C1. The average Bonchev–Trinajstić information content (AvgIpc) is 2.85. The lowest BCUT2D eigenvalue weighted by molar-refractivity contribution is -0.139. The van der Waals surface area contributed by atoms with Crippen LogP contribution in [-0.2, 0) is 4.79 Å². The van der Waals surface area contributed by atoms with Crippen LogP contribution in [0, 0.1) is 11.3 Å². The van der Waals surface area contributed by atoms with Crippen LogP contribution in [0.15, 0.2) is 0 Å². The van der Waals surface area contributed by atoms with Crippen LogP contribution in [0.25, 0.3) is 0 Å². The van der Waals surface area contributed by atoms with Gasteiger partial charge in [0.2, 0.25) is 5.91 Å². The molecule has 3 nitrogen and oxygen atoms in total. The molecular formula is C16H29ClN2O. The molecule has 1 amide bonds. The first-order valence-corrected chi connectivity index (χ1v) is 8.23. The standard InChI is InChI=1S/C16H28N2O.ClH/c17-14-6-5-13(11-14)15(19)18-10-4-9-16(12-18)7-2-1-3-8-16;/h13-14H,1-12,17H2;1H. The van der Waals surface area contributed by atoms with E-state index in [1.165, 1.54) is 44.9 Å². The van der Waals surface area contributed by atoms with Crippen molar-refractivity contribution in [2.75, 3.05) is 13.1 Å². The van der Waals surface area contributed by atoms with Crippen LogP contribution < -0.4 is 5.73 Å². The molecule has 0 aromatic carbocycles. The van der Waals surface area contributed by atoms with Crippen molar-refractivity contribution in [2.24, 2.45) is 17.1 Å². The molecule has 3 fully saturated rings. The Labute approximate surface area is 129 Å². The molecule has 1 heterocycles. The smallest absolute Gasteiger partial charge is 0.225 e. The molecule has 1 spiro atoms. The number of carbonyl (C=O) groups excluding carboxylic acids is 1. The monoisotopic (exact) mass is 300 g/mol. The Kier molecular flexibility index (Phi) is 5.36. The molecule has 0 aromatic heterocycles. The van der Waals surface area contributed by atoms with Gasteiger partial charge in [-0.25, -0.2) is 0 Å². The minimum Gasteiger partial charge on any atom is -0.342 e. The zero-order chi connectivity index (χ0) is 13.3. The molecule has 0 aromatic rings. The number of likely N-dealkylation sites (tertiary alicyclic amines) is 1. The van der Waals surface area contributed by atoms with Gasteiger partial charge in [0, 0.05) is 25.0 Å². The summed E-state index contributed by atoms with van der Waals surface area (Å²) in [5, 5.41) is 0. The highest BCUT2D eigenvalue weighted by molar-refractivity contribution is 5.85. The number of halogens is 1. The molecular weight excluding hydrogens is 272 g/mol. The van der Waals surface area contributed by atoms with E-state index in [0.29, 0.717) is 11.3 Å².